The standard InChI is InChI=1S/C47H30BN3/c1-29-14-5-10-23-39(29)51-42-27-26-36-34-20-8-11-24-40(34)49(31-16-3-2-4-17-31)46(36)43(42)37-28-30-15-6-7-18-32(30)47-44(37)48(51)38-22-13-21-35-33-19-9-12-25-41(33)50(47)45(35)38/h2-28H,1H3. The van der Waals surface area contributed by atoms with Crippen molar-refractivity contribution in [2.75, 3.05) is 4.81 Å². The first-order chi connectivity index (χ1) is 25.3. The number of rotatable bonds is 2. The Morgan fingerprint density at radius 3 is 1.92 bits per heavy atom. The van der Waals surface area contributed by atoms with E-state index in [1.54, 1.807) is 0 Å². The van der Waals surface area contributed by atoms with Gasteiger partial charge in [-0.15, -0.1) is 0 Å². The van der Waals surface area contributed by atoms with Gasteiger partial charge in [-0.25, -0.2) is 0 Å². The SMILES string of the molecule is Cc1ccccc1N1B2c3c(cc4ccccc4c3-n3c4ccccc4c4cccc2c43)-c2c1ccc1c3ccccc3n(-c3ccccc3)c21. The molecule has 3 nitrogen and oxygen atoms in total. The molecule has 0 aliphatic carbocycles. The van der Waals surface area contributed by atoms with Gasteiger partial charge in [0.2, 0.25) is 0 Å². The molecule has 0 fully saturated rings. The van der Waals surface area contributed by atoms with E-state index in [-0.39, 0.29) is 6.85 Å². The lowest BCUT2D eigenvalue weighted by Crippen LogP contribution is -2.60. The van der Waals surface area contributed by atoms with E-state index >= 15 is 0 Å². The average Bonchev–Trinajstić information content (AvgIpc) is 3.71. The largest absolute Gasteiger partial charge is 0.376 e. The van der Waals surface area contributed by atoms with Crippen molar-refractivity contribution < 1.29 is 0 Å². The molecule has 8 aromatic carbocycles. The van der Waals surface area contributed by atoms with Crippen molar-refractivity contribution >= 4 is 83.5 Å². The van der Waals surface area contributed by atoms with E-state index in [4.69, 9.17) is 0 Å². The van der Waals surface area contributed by atoms with Crippen molar-refractivity contribution in [3.05, 3.63) is 169 Å². The summed E-state index contributed by atoms with van der Waals surface area (Å²) >= 11 is 0. The van der Waals surface area contributed by atoms with E-state index < -0.39 is 0 Å². The van der Waals surface area contributed by atoms with Crippen LogP contribution < -0.4 is 15.7 Å². The molecular weight excluding hydrogens is 617 g/mol. The third-order valence-electron chi connectivity index (χ3n) is 11.6. The second-order valence-corrected chi connectivity index (χ2v) is 14.1. The molecular formula is C47H30BN3. The summed E-state index contributed by atoms with van der Waals surface area (Å²) in [6, 6.07) is 60.9. The number of para-hydroxylation sites is 5. The van der Waals surface area contributed by atoms with Gasteiger partial charge in [0.05, 0.1) is 27.8 Å². The van der Waals surface area contributed by atoms with Gasteiger partial charge in [0.15, 0.2) is 0 Å². The molecule has 0 atom stereocenters. The van der Waals surface area contributed by atoms with Gasteiger partial charge in [-0.1, -0.05) is 121 Å². The van der Waals surface area contributed by atoms with Crippen LogP contribution >= 0.6 is 0 Å². The summed E-state index contributed by atoms with van der Waals surface area (Å²) in [6.07, 6.45) is 0. The van der Waals surface area contributed by atoms with Crippen LogP contribution in [0.4, 0.5) is 11.4 Å². The van der Waals surface area contributed by atoms with E-state index in [0.717, 1.165) is 0 Å². The van der Waals surface area contributed by atoms with Gasteiger partial charge >= 0.3 is 6.85 Å². The predicted molar refractivity (Wildman–Crippen MR) is 216 cm³/mol. The Hall–Kier alpha value is -6.52. The number of anilines is 2. The van der Waals surface area contributed by atoms with Crippen LogP contribution in [0.25, 0.3) is 76.9 Å². The van der Waals surface area contributed by atoms with Crippen LogP contribution in [0.2, 0.25) is 0 Å². The van der Waals surface area contributed by atoms with Crippen LogP contribution in [0.5, 0.6) is 0 Å². The quantitative estimate of drug-likeness (QED) is 0.170. The molecule has 0 amide bonds. The molecule has 2 aromatic heterocycles. The Morgan fingerprint density at radius 1 is 0.471 bits per heavy atom. The summed E-state index contributed by atoms with van der Waals surface area (Å²) in [6.45, 7) is 2.23. The lowest BCUT2D eigenvalue weighted by molar-refractivity contribution is 1.17. The summed E-state index contributed by atoms with van der Waals surface area (Å²) in [4.78, 5) is 2.66. The molecule has 0 spiro atoms. The molecule has 2 aliphatic rings. The first kappa shape index (κ1) is 27.3. The highest BCUT2D eigenvalue weighted by Gasteiger charge is 2.45. The highest BCUT2D eigenvalue weighted by Crippen LogP contribution is 2.50. The average molecular weight is 648 g/mol. The number of nitrogens with zero attached hydrogens (tertiary/aromatic N) is 3. The second-order valence-electron chi connectivity index (χ2n) is 14.1. The summed E-state index contributed by atoms with van der Waals surface area (Å²) in [5.41, 5.74) is 16.5. The zero-order valence-corrected chi connectivity index (χ0v) is 28.0. The van der Waals surface area contributed by atoms with Crippen molar-refractivity contribution in [3.63, 3.8) is 0 Å². The summed E-state index contributed by atoms with van der Waals surface area (Å²) in [7, 11) is 0. The Bertz CT molecular complexity index is 3110. The fourth-order valence-electron chi connectivity index (χ4n) is 9.59. The minimum Gasteiger partial charge on any atom is -0.376 e. The normalized spacial score (nSPS) is 13.1. The summed E-state index contributed by atoms with van der Waals surface area (Å²) < 4.78 is 5.09. The third-order valence-corrected chi connectivity index (χ3v) is 11.6. The van der Waals surface area contributed by atoms with Crippen molar-refractivity contribution in [2.45, 2.75) is 6.92 Å². The van der Waals surface area contributed by atoms with Gasteiger partial charge in [0, 0.05) is 49.6 Å². The molecule has 4 heteroatoms. The summed E-state index contributed by atoms with van der Waals surface area (Å²) in [5.74, 6) is 0. The van der Waals surface area contributed by atoms with Crippen LogP contribution in [0, 0.1) is 6.92 Å². The first-order valence-electron chi connectivity index (χ1n) is 17.8. The molecule has 0 radical (unpaired) electrons. The molecule has 0 bridgehead atoms. The zero-order chi connectivity index (χ0) is 33.4. The fraction of sp³-hybridized carbons (Fsp3) is 0.0213. The van der Waals surface area contributed by atoms with Crippen molar-refractivity contribution in [2.24, 2.45) is 0 Å². The molecule has 4 heterocycles. The van der Waals surface area contributed by atoms with Gasteiger partial charge in [-0.3, -0.25) is 0 Å². The van der Waals surface area contributed by atoms with Gasteiger partial charge in [-0.05, 0) is 76.8 Å². The molecule has 0 unspecified atom stereocenters. The Kier molecular flexibility index (Phi) is 5.25. The lowest BCUT2D eigenvalue weighted by Gasteiger charge is -2.43. The summed E-state index contributed by atoms with van der Waals surface area (Å²) in [5, 5.41) is 7.66. The number of hydrogen-bond acceptors (Lipinski definition) is 1. The van der Waals surface area contributed by atoms with E-state index in [2.05, 4.69) is 185 Å². The predicted octanol–water partition coefficient (Wildman–Crippen LogP) is 10.6. The number of aromatic nitrogens is 2. The molecule has 12 rings (SSSR count). The lowest BCUT2D eigenvalue weighted by atomic mass is 9.43. The Balaban J connectivity index is 1.36. The molecule has 51 heavy (non-hydrogen) atoms. The van der Waals surface area contributed by atoms with E-state index in [9.17, 15) is 0 Å². The van der Waals surface area contributed by atoms with Crippen molar-refractivity contribution in [1.82, 2.24) is 9.13 Å². The van der Waals surface area contributed by atoms with E-state index in [1.807, 2.05) is 0 Å². The Morgan fingerprint density at radius 2 is 1.12 bits per heavy atom. The first-order valence-corrected chi connectivity index (χ1v) is 17.8. The van der Waals surface area contributed by atoms with Crippen LogP contribution in [-0.2, 0) is 0 Å². The minimum absolute atomic E-state index is 0.0271. The molecule has 0 saturated carbocycles. The highest BCUT2D eigenvalue weighted by molar-refractivity contribution is 6.94. The fourth-order valence-corrected chi connectivity index (χ4v) is 9.59. The van der Waals surface area contributed by atoms with Gasteiger partial charge in [0.1, 0.15) is 0 Å². The number of hydrogen-bond donors (Lipinski definition) is 0. The molecule has 0 N–H and O–H groups in total. The van der Waals surface area contributed by atoms with Crippen molar-refractivity contribution in [1.29, 1.82) is 0 Å². The minimum atomic E-state index is -0.0271. The van der Waals surface area contributed by atoms with Crippen LogP contribution in [0.1, 0.15) is 5.56 Å². The number of fused-ring (bicyclic) bond motifs is 13. The number of aryl methyl sites for hydroxylation is 1. The smallest absolute Gasteiger partial charge is 0.333 e. The van der Waals surface area contributed by atoms with Gasteiger partial charge in [-0.2, -0.15) is 0 Å². The molecule has 2 aliphatic heterocycles. The molecule has 236 valence electrons. The van der Waals surface area contributed by atoms with Crippen LogP contribution in [-0.4, -0.2) is 16.0 Å². The zero-order valence-electron chi connectivity index (χ0n) is 28.0. The second kappa shape index (κ2) is 9.80. The molecule has 10 aromatic rings. The molecule has 0 saturated heterocycles. The Labute approximate surface area is 295 Å². The van der Waals surface area contributed by atoms with Crippen LogP contribution in [0.3, 0.4) is 0 Å². The van der Waals surface area contributed by atoms with Gasteiger partial charge < -0.3 is 13.9 Å². The maximum absolute atomic E-state index is 2.66. The van der Waals surface area contributed by atoms with Gasteiger partial charge in [0.25, 0.3) is 0 Å². The van der Waals surface area contributed by atoms with E-state index in [0.29, 0.717) is 0 Å². The topological polar surface area (TPSA) is 13.1 Å². The maximum Gasteiger partial charge on any atom is 0.333 e. The third kappa shape index (κ3) is 3.39. The maximum atomic E-state index is 2.66. The van der Waals surface area contributed by atoms with E-state index in [1.165, 1.54) is 105 Å². The van der Waals surface area contributed by atoms with Crippen molar-refractivity contribution in [3.8, 4) is 22.5 Å². The monoisotopic (exact) mass is 647 g/mol. The highest BCUT2D eigenvalue weighted by atomic mass is 15.1. The number of benzene rings is 8. The van der Waals surface area contributed by atoms with Crippen LogP contribution in [0.15, 0.2) is 164 Å².